The van der Waals surface area contributed by atoms with Gasteiger partial charge >= 0.3 is 0 Å². The van der Waals surface area contributed by atoms with Crippen molar-refractivity contribution in [2.75, 3.05) is 13.1 Å². The summed E-state index contributed by atoms with van der Waals surface area (Å²) >= 11 is 11.9. The van der Waals surface area contributed by atoms with Gasteiger partial charge in [-0.2, -0.15) is 0 Å². The normalized spacial score (nSPS) is 14.8. The highest BCUT2D eigenvalue weighted by Crippen LogP contribution is 2.26. The first-order chi connectivity index (χ1) is 8.41. The summed E-state index contributed by atoms with van der Waals surface area (Å²) in [6.45, 7) is 7.94. The van der Waals surface area contributed by atoms with Crippen LogP contribution in [0.1, 0.15) is 32.4 Å². The van der Waals surface area contributed by atoms with Gasteiger partial charge in [-0.3, -0.25) is 0 Å². The zero-order chi connectivity index (χ0) is 13.7. The Kier molecular flexibility index (Phi) is 6.44. The van der Waals surface area contributed by atoms with Gasteiger partial charge in [0.1, 0.15) is 0 Å². The molecular weight excluding hydrogens is 269 g/mol. The first-order valence-electron chi connectivity index (χ1n) is 6.25. The van der Waals surface area contributed by atoms with Crippen LogP contribution >= 0.6 is 23.2 Å². The number of nitrogens with one attached hydrogen (secondary N) is 1. The van der Waals surface area contributed by atoms with Crippen LogP contribution in [-0.4, -0.2) is 18.2 Å². The van der Waals surface area contributed by atoms with Gasteiger partial charge in [-0.1, -0.05) is 44.0 Å². The van der Waals surface area contributed by atoms with Gasteiger partial charge in [0, 0.05) is 22.2 Å². The fraction of sp³-hybridized carbons (Fsp3) is 0.571. The molecular formula is C14H21Cl2NO. The van der Waals surface area contributed by atoms with Crippen molar-refractivity contribution in [1.29, 1.82) is 0 Å². The highest BCUT2D eigenvalue weighted by Gasteiger charge is 2.13. The van der Waals surface area contributed by atoms with Crippen molar-refractivity contribution >= 4 is 23.2 Å². The second-order valence-corrected chi connectivity index (χ2v) is 5.90. The molecule has 102 valence electrons. The van der Waals surface area contributed by atoms with E-state index < -0.39 is 6.10 Å². The molecule has 0 amide bonds. The lowest BCUT2D eigenvalue weighted by Gasteiger charge is -2.18. The molecule has 2 N–H and O–H groups in total. The lowest BCUT2D eigenvalue weighted by molar-refractivity contribution is 0.171. The first-order valence-corrected chi connectivity index (χ1v) is 7.01. The van der Waals surface area contributed by atoms with Crippen LogP contribution in [0.4, 0.5) is 0 Å². The molecule has 2 unspecified atom stereocenters. The Labute approximate surface area is 119 Å². The van der Waals surface area contributed by atoms with Gasteiger partial charge in [0.05, 0.1) is 6.10 Å². The van der Waals surface area contributed by atoms with E-state index in [2.05, 4.69) is 26.1 Å². The molecule has 0 aliphatic heterocycles. The van der Waals surface area contributed by atoms with Gasteiger partial charge in [-0.25, -0.2) is 0 Å². The molecule has 0 aliphatic rings. The number of halogens is 2. The number of aliphatic hydroxyl groups excluding tert-OH is 1. The highest BCUT2D eigenvalue weighted by atomic mass is 35.5. The summed E-state index contributed by atoms with van der Waals surface area (Å²) in [5, 5.41) is 14.5. The van der Waals surface area contributed by atoms with Crippen LogP contribution in [0.5, 0.6) is 0 Å². The lowest BCUT2D eigenvalue weighted by Crippen LogP contribution is -2.28. The lowest BCUT2D eigenvalue weighted by atomic mass is 9.98. The summed E-state index contributed by atoms with van der Waals surface area (Å²) in [5.74, 6) is 1.21. The number of aliphatic hydroxyl groups is 1. The average molecular weight is 290 g/mol. The minimum Gasteiger partial charge on any atom is -0.387 e. The number of benzene rings is 1. The Balaban J connectivity index is 2.50. The molecule has 0 saturated heterocycles. The standard InChI is InChI=1S/C14H21Cl2NO/c1-9(2)10(3)7-17-8-14(18)12-6-11(15)4-5-13(12)16/h4-6,9-10,14,17-18H,7-8H2,1-3H3. The molecule has 1 aromatic rings. The van der Waals surface area contributed by atoms with Crippen molar-refractivity contribution in [1.82, 2.24) is 5.32 Å². The minimum absolute atomic E-state index is 0.483. The molecule has 0 aromatic heterocycles. The highest BCUT2D eigenvalue weighted by molar-refractivity contribution is 6.33. The fourth-order valence-corrected chi connectivity index (χ4v) is 1.99. The van der Waals surface area contributed by atoms with Crippen LogP contribution in [0.15, 0.2) is 18.2 Å². The van der Waals surface area contributed by atoms with Gasteiger partial charge in [0.2, 0.25) is 0 Å². The monoisotopic (exact) mass is 289 g/mol. The average Bonchev–Trinajstić information content (AvgIpc) is 2.31. The second kappa shape index (κ2) is 7.34. The number of rotatable bonds is 6. The van der Waals surface area contributed by atoms with Gasteiger partial charge < -0.3 is 10.4 Å². The van der Waals surface area contributed by atoms with Crippen LogP contribution in [0.25, 0.3) is 0 Å². The van der Waals surface area contributed by atoms with Crippen molar-refractivity contribution in [3.05, 3.63) is 33.8 Å². The SMILES string of the molecule is CC(C)C(C)CNCC(O)c1cc(Cl)ccc1Cl. The van der Waals surface area contributed by atoms with E-state index in [1.165, 1.54) is 0 Å². The summed E-state index contributed by atoms with van der Waals surface area (Å²) < 4.78 is 0. The quantitative estimate of drug-likeness (QED) is 0.832. The Hall–Kier alpha value is -0.280. The van der Waals surface area contributed by atoms with E-state index in [1.54, 1.807) is 18.2 Å². The van der Waals surface area contributed by atoms with E-state index in [4.69, 9.17) is 23.2 Å². The maximum absolute atomic E-state index is 10.1. The fourth-order valence-electron chi connectivity index (χ4n) is 1.56. The van der Waals surface area contributed by atoms with Gasteiger partial charge in [0.25, 0.3) is 0 Å². The molecule has 1 rings (SSSR count). The van der Waals surface area contributed by atoms with Crippen LogP contribution in [0, 0.1) is 11.8 Å². The van der Waals surface area contributed by atoms with Crippen LogP contribution in [0.3, 0.4) is 0 Å². The molecule has 4 heteroatoms. The zero-order valence-electron chi connectivity index (χ0n) is 11.1. The van der Waals surface area contributed by atoms with E-state index >= 15 is 0 Å². The minimum atomic E-state index is -0.629. The Morgan fingerprint density at radius 3 is 2.44 bits per heavy atom. The maximum atomic E-state index is 10.1. The molecule has 18 heavy (non-hydrogen) atoms. The third-order valence-corrected chi connectivity index (χ3v) is 3.84. The van der Waals surface area contributed by atoms with E-state index in [-0.39, 0.29) is 0 Å². The Morgan fingerprint density at radius 2 is 1.83 bits per heavy atom. The molecule has 0 spiro atoms. The Morgan fingerprint density at radius 1 is 1.17 bits per heavy atom. The smallest absolute Gasteiger partial charge is 0.0929 e. The van der Waals surface area contributed by atoms with Crippen LogP contribution < -0.4 is 5.32 Å². The van der Waals surface area contributed by atoms with Crippen molar-refractivity contribution in [2.45, 2.75) is 26.9 Å². The molecule has 1 aromatic carbocycles. The molecule has 0 bridgehead atoms. The summed E-state index contributed by atoms with van der Waals surface area (Å²) in [4.78, 5) is 0. The molecule has 2 nitrogen and oxygen atoms in total. The predicted octanol–water partition coefficient (Wildman–Crippen LogP) is 3.91. The first kappa shape index (κ1) is 15.8. The third-order valence-electron chi connectivity index (χ3n) is 3.26. The molecule has 0 saturated carbocycles. The number of hydrogen-bond acceptors (Lipinski definition) is 2. The van der Waals surface area contributed by atoms with E-state index in [0.717, 1.165) is 6.54 Å². The van der Waals surface area contributed by atoms with Crippen LogP contribution in [0.2, 0.25) is 10.0 Å². The van der Waals surface area contributed by atoms with Gasteiger partial charge in [0.15, 0.2) is 0 Å². The zero-order valence-corrected chi connectivity index (χ0v) is 12.6. The van der Waals surface area contributed by atoms with Crippen LogP contribution in [-0.2, 0) is 0 Å². The third kappa shape index (κ3) is 4.77. The van der Waals surface area contributed by atoms with Crippen molar-refractivity contribution < 1.29 is 5.11 Å². The van der Waals surface area contributed by atoms with Gasteiger partial charge in [-0.15, -0.1) is 0 Å². The van der Waals surface area contributed by atoms with E-state index in [1.807, 2.05) is 0 Å². The molecule has 0 heterocycles. The molecule has 2 atom stereocenters. The van der Waals surface area contributed by atoms with Crippen molar-refractivity contribution in [3.8, 4) is 0 Å². The van der Waals surface area contributed by atoms with E-state index in [9.17, 15) is 5.11 Å². The summed E-state index contributed by atoms with van der Waals surface area (Å²) in [5.41, 5.74) is 0.675. The topological polar surface area (TPSA) is 32.3 Å². The predicted molar refractivity (Wildman–Crippen MR) is 78.3 cm³/mol. The van der Waals surface area contributed by atoms with Crippen molar-refractivity contribution in [3.63, 3.8) is 0 Å². The molecule has 0 radical (unpaired) electrons. The second-order valence-electron chi connectivity index (χ2n) is 5.06. The summed E-state index contributed by atoms with van der Waals surface area (Å²) in [6, 6.07) is 5.13. The van der Waals surface area contributed by atoms with Crippen molar-refractivity contribution in [2.24, 2.45) is 11.8 Å². The summed E-state index contributed by atoms with van der Waals surface area (Å²) in [6.07, 6.45) is -0.629. The van der Waals surface area contributed by atoms with E-state index in [0.29, 0.717) is 34.0 Å². The maximum Gasteiger partial charge on any atom is 0.0929 e. The molecule has 0 aliphatic carbocycles. The Bertz CT molecular complexity index is 382. The van der Waals surface area contributed by atoms with Gasteiger partial charge in [-0.05, 0) is 36.6 Å². The molecule has 0 fully saturated rings. The number of hydrogen-bond donors (Lipinski definition) is 2. The summed E-state index contributed by atoms with van der Waals surface area (Å²) in [7, 11) is 0. The largest absolute Gasteiger partial charge is 0.387 e.